The molecule has 2 aromatic rings. The zero-order chi connectivity index (χ0) is 25.6. The third-order valence-corrected chi connectivity index (χ3v) is 5.94. The van der Waals surface area contributed by atoms with Gasteiger partial charge in [0, 0.05) is 17.9 Å². The molecule has 0 saturated heterocycles. The summed E-state index contributed by atoms with van der Waals surface area (Å²) >= 11 is 0. The first kappa shape index (κ1) is 27.8. The Bertz CT molecular complexity index is 1250. The Labute approximate surface area is 190 Å². The molecule has 0 saturated carbocycles. The molecule has 33 heavy (non-hydrogen) atoms. The van der Waals surface area contributed by atoms with E-state index in [1.165, 1.54) is 37.3 Å². The number of carboxylic acids is 1. The number of nitrogens with one attached hydrogen (secondary N) is 2. The van der Waals surface area contributed by atoms with Gasteiger partial charge in [0.2, 0.25) is 0 Å². The molecule has 0 radical (unpaired) electrons. The third kappa shape index (κ3) is 9.03. The van der Waals surface area contributed by atoms with E-state index in [1.807, 2.05) is 0 Å². The summed E-state index contributed by atoms with van der Waals surface area (Å²) in [4.78, 5) is 21.6. The molecule has 0 heterocycles. The normalized spacial score (nSPS) is 12.2. The van der Waals surface area contributed by atoms with Gasteiger partial charge in [0.25, 0.3) is 20.2 Å². The molecule has 0 bridgehead atoms. The number of carbonyl (C=O) groups is 2. The minimum atomic E-state index is -4.42. The van der Waals surface area contributed by atoms with Crippen molar-refractivity contribution in [1.29, 1.82) is 0 Å². The number of nitrogens with two attached hydrogens (primary N) is 2. The number of rotatable bonds is 6. The number of hydrogen-bond acceptors (Lipinski definition) is 8. The summed E-state index contributed by atoms with van der Waals surface area (Å²) in [6.45, 7) is 2.85. The second-order valence-corrected chi connectivity index (χ2v) is 9.53. The maximum Gasteiger partial charge on any atom is 0.322 e. The molecule has 2 amide bonds. The SMILES string of the molecule is Cc1cc(NC(=O)NC[C@H](N)C(=O)O)cc(S(=O)(=O)O)c1C.Nc1cccc(S(=O)(=O)O)c1. The van der Waals surface area contributed by atoms with Crippen LogP contribution in [0.25, 0.3) is 0 Å². The first-order valence-electron chi connectivity index (χ1n) is 8.97. The second kappa shape index (κ2) is 11.1. The lowest BCUT2D eigenvalue weighted by Gasteiger charge is -2.13. The highest BCUT2D eigenvalue weighted by molar-refractivity contribution is 7.86. The van der Waals surface area contributed by atoms with Gasteiger partial charge in [-0.05, 0) is 55.3 Å². The van der Waals surface area contributed by atoms with Crippen LogP contribution in [0.3, 0.4) is 0 Å². The monoisotopic (exact) mass is 504 g/mol. The zero-order valence-corrected chi connectivity index (χ0v) is 19.1. The summed E-state index contributed by atoms with van der Waals surface area (Å²) in [5.74, 6) is -1.26. The Kier molecular flexibility index (Phi) is 9.32. The van der Waals surface area contributed by atoms with Crippen molar-refractivity contribution >= 4 is 43.6 Å². The van der Waals surface area contributed by atoms with E-state index in [1.54, 1.807) is 6.92 Å². The second-order valence-electron chi connectivity index (χ2n) is 6.72. The van der Waals surface area contributed by atoms with Crippen molar-refractivity contribution in [3.63, 3.8) is 0 Å². The van der Waals surface area contributed by atoms with E-state index in [2.05, 4.69) is 10.6 Å². The van der Waals surface area contributed by atoms with Crippen LogP contribution in [0.4, 0.5) is 16.2 Å². The van der Waals surface area contributed by atoms with Crippen LogP contribution in [0.15, 0.2) is 46.2 Å². The number of urea groups is 1. The lowest BCUT2D eigenvalue weighted by atomic mass is 10.1. The van der Waals surface area contributed by atoms with E-state index in [9.17, 15) is 26.4 Å². The Hall–Kier alpha value is -3.24. The number of carbonyl (C=O) groups excluding carboxylic acids is 1. The molecule has 0 aliphatic rings. The van der Waals surface area contributed by atoms with E-state index < -0.39 is 38.3 Å². The lowest BCUT2D eigenvalue weighted by Crippen LogP contribution is -2.43. The van der Waals surface area contributed by atoms with Crippen LogP contribution in [0, 0.1) is 13.8 Å². The molecule has 0 aliphatic carbocycles. The van der Waals surface area contributed by atoms with Crippen LogP contribution < -0.4 is 22.1 Å². The third-order valence-electron chi connectivity index (χ3n) is 4.11. The number of nitrogen functional groups attached to an aromatic ring is 1. The summed E-state index contributed by atoms with van der Waals surface area (Å²) in [5.41, 5.74) is 11.9. The van der Waals surface area contributed by atoms with Gasteiger partial charge in [0.15, 0.2) is 0 Å². The van der Waals surface area contributed by atoms with Crippen molar-refractivity contribution < 1.29 is 40.6 Å². The molecular formula is C18H24N4O9S2. The van der Waals surface area contributed by atoms with Crippen LogP contribution in [0.5, 0.6) is 0 Å². The number of benzene rings is 2. The van der Waals surface area contributed by atoms with Gasteiger partial charge in [-0.25, -0.2) is 4.79 Å². The molecule has 0 aromatic heterocycles. The fourth-order valence-corrected chi connectivity index (χ4v) is 3.67. The maximum atomic E-state index is 11.6. The molecule has 0 spiro atoms. The quantitative estimate of drug-likeness (QED) is 0.212. The Morgan fingerprint density at radius 3 is 2.09 bits per heavy atom. The minimum absolute atomic E-state index is 0.136. The predicted octanol–water partition coefficient (Wildman–Crippen LogP) is 0.599. The van der Waals surface area contributed by atoms with E-state index in [-0.39, 0.29) is 22.0 Å². The first-order valence-corrected chi connectivity index (χ1v) is 11.9. The van der Waals surface area contributed by atoms with Gasteiger partial charge in [0.05, 0.1) is 9.79 Å². The van der Waals surface area contributed by atoms with Crippen molar-refractivity contribution in [3.8, 4) is 0 Å². The number of hydrogen-bond donors (Lipinski definition) is 7. The summed E-state index contributed by atoms with van der Waals surface area (Å²) in [7, 11) is -8.53. The molecule has 15 heteroatoms. The topological polar surface area (TPSA) is 239 Å². The smallest absolute Gasteiger partial charge is 0.322 e. The summed E-state index contributed by atoms with van der Waals surface area (Å²) in [6, 6.07) is 6.07. The van der Waals surface area contributed by atoms with E-state index in [4.69, 9.17) is 25.7 Å². The Morgan fingerprint density at radius 2 is 1.64 bits per heavy atom. The molecular weight excluding hydrogens is 480 g/mol. The Morgan fingerprint density at radius 1 is 1.03 bits per heavy atom. The van der Waals surface area contributed by atoms with E-state index in [0.717, 1.165) is 6.07 Å². The summed E-state index contributed by atoms with van der Waals surface area (Å²) in [6.07, 6.45) is 0. The number of anilines is 2. The molecule has 182 valence electrons. The molecule has 0 unspecified atom stereocenters. The minimum Gasteiger partial charge on any atom is -0.480 e. The zero-order valence-electron chi connectivity index (χ0n) is 17.5. The van der Waals surface area contributed by atoms with Gasteiger partial charge >= 0.3 is 12.0 Å². The van der Waals surface area contributed by atoms with Crippen molar-refractivity contribution in [3.05, 3.63) is 47.5 Å². The van der Waals surface area contributed by atoms with Gasteiger partial charge in [-0.2, -0.15) is 16.8 Å². The summed E-state index contributed by atoms with van der Waals surface area (Å²) < 4.78 is 61.2. The number of amides is 2. The highest BCUT2D eigenvalue weighted by atomic mass is 32.2. The molecule has 1 atom stereocenters. The number of aliphatic carboxylic acids is 1. The molecule has 0 fully saturated rings. The van der Waals surface area contributed by atoms with Crippen LogP contribution in [-0.2, 0) is 25.0 Å². The van der Waals surface area contributed by atoms with Crippen LogP contribution in [0.2, 0.25) is 0 Å². The molecule has 2 aromatic carbocycles. The van der Waals surface area contributed by atoms with Gasteiger partial charge in [-0.15, -0.1) is 0 Å². The largest absolute Gasteiger partial charge is 0.480 e. The first-order chi connectivity index (χ1) is 15.0. The molecule has 2 rings (SSSR count). The number of aryl methyl sites for hydroxylation is 1. The van der Waals surface area contributed by atoms with Crippen molar-refractivity contribution in [2.75, 3.05) is 17.6 Å². The number of carboxylic acid groups (broad SMARTS) is 1. The van der Waals surface area contributed by atoms with E-state index >= 15 is 0 Å². The van der Waals surface area contributed by atoms with Crippen LogP contribution in [-0.4, -0.2) is 55.6 Å². The summed E-state index contributed by atoms with van der Waals surface area (Å²) in [5, 5.41) is 13.2. The van der Waals surface area contributed by atoms with Crippen molar-refractivity contribution in [2.45, 2.75) is 29.7 Å². The molecule has 13 nitrogen and oxygen atoms in total. The maximum absolute atomic E-state index is 11.6. The Balaban J connectivity index is 0.000000412. The van der Waals surface area contributed by atoms with Crippen LogP contribution >= 0.6 is 0 Å². The van der Waals surface area contributed by atoms with E-state index in [0.29, 0.717) is 16.8 Å². The predicted molar refractivity (Wildman–Crippen MR) is 119 cm³/mol. The average molecular weight is 505 g/mol. The van der Waals surface area contributed by atoms with Gasteiger partial charge in [-0.1, -0.05) is 6.07 Å². The standard InChI is InChI=1S/C12H17N3O6S.C6H7NO3S/c1-6-3-8(4-10(7(6)2)22(19,20)21)15-12(18)14-5-9(13)11(16)17;7-5-2-1-3-6(4-5)11(8,9)10/h3-4,9H,5,13H2,1-2H3,(H,16,17)(H2,14,15,18)(H,19,20,21);1-4H,7H2,(H,8,9,10)/t9-;/m0./s1. The van der Waals surface area contributed by atoms with Gasteiger partial charge in [-0.3, -0.25) is 13.9 Å². The van der Waals surface area contributed by atoms with Crippen LogP contribution in [0.1, 0.15) is 11.1 Å². The van der Waals surface area contributed by atoms with Gasteiger partial charge < -0.3 is 27.2 Å². The lowest BCUT2D eigenvalue weighted by molar-refractivity contribution is -0.138. The van der Waals surface area contributed by atoms with Crippen molar-refractivity contribution in [1.82, 2.24) is 5.32 Å². The fourth-order valence-electron chi connectivity index (χ4n) is 2.31. The molecule has 0 aliphatic heterocycles. The molecule has 9 N–H and O–H groups in total. The highest BCUT2D eigenvalue weighted by Crippen LogP contribution is 2.23. The van der Waals surface area contributed by atoms with Crippen molar-refractivity contribution in [2.24, 2.45) is 5.73 Å². The fraction of sp³-hybridized carbons (Fsp3) is 0.222. The van der Waals surface area contributed by atoms with Gasteiger partial charge in [0.1, 0.15) is 6.04 Å². The average Bonchev–Trinajstić information content (AvgIpc) is 2.67. The highest BCUT2D eigenvalue weighted by Gasteiger charge is 2.17.